The second kappa shape index (κ2) is 6.55. The van der Waals surface area contributed by atoms with Crippen LogP contribution in [0, 0.1) is 5.82 Å². The van der Waals surface area contributed by atoms with Crippen molar-refractivity contribution < 1.29 is 9.50 Å². The van der Waals surface area contributed by atoms with Gasteiger partial charge in [-0.2, -0.15) is 0 Å². The molecule has 0 aliphatic rings. The molecule has 0 fully saturated rings. The highest BCUT2D eigenvalue weighted by Crippen LogP contribution is 2.23. The van der Waals surface area contributed by atoms with Crippen molar-refractivity contribution in [1.29, 1.82) is 0 Å². The second-order valence-electron chi connectivity index (χ2n) is 4.27. The van der Waals surface area contributed by atoms with Crippen molar-refractivity contribution in [1.82, 2.24) is 0 Å². The van der Waals surface area contributed by atoms with E-state index >= 15 is 0 Å². The Morgan fingerprint density at radius 3 is 2.47 bits per heavy atom. The van der Waals surface area contributed by atoms with Crippen LogP contribution >= 0.6 is 27.7 Å². The van der Waals surface area contributed by atoms with Gasteiger partial charge < -0.3 is 5.11 Å². The lowest BCUT2D eigenvalue weighted by atomic mass is 10.0. The zero-order valence-corrected chi connectivity index (χ0v) is 12.8. The molecule has 2 aromatic carbocycles. The van der Waals surface area contributed by atoms with Crippen LogP contribution < -0.4 is 0 Å². The molecule has 0 aromatic heterocycles. The van der Waals surface area contributed by atoms with E-state index < -0.39 is 6.10 Å². The molecular formula is C15H14BrFOS. The van der Waals surface area contributed by atoms with Crippen molar-refractivity contribution in [3.8, 4) is 0 Å². The van der Waals surface area contributed by atoms with Crippen LogP contribution in [0.5, 0.6) is 0 Å². The summed E-state index contributed by atoms with van der Waals surface area (Å²) in [5, 5.41) is 10.2. The Morgan fingerprint density at radius 2 is 1.89 bits per heavy atom. The number of benzene rings is 2. The van der Waals surface area contributed by atoms with Gasteiger partial charge in [-0.15, -0.1) is 11.8 Å². The van der Waals surface area contributed by atoms with Crippen LogP contribution in [0.15, 0.2) is 51.8 Å². The van der Waals surface area contributed by atoms with Crippen molar-refractivity contribution in [3.05, 3.63) is 63.9 Å². The largest absolute Gasteiger partial charge is 0.388 e. The summed E-state index contributed by atoms with van der Waals surface area (Å²) in [6, 6.07) is 12.4. The third kappa shape index (κ3) is 4.06. The highest BCUT2D eigenvalue weighted by Gasteiger charge is 2.10. The first-order chi connectivity index (χ1) is 9.08. The second-order valence-corrected chi connectivity index (χ2v) is 6.07. The third-order valence-corrected chi connectivity index (χ3v) is 4.05. The van der Waals surface area contributed by atoms with Crippen molar-refractivity contribution in [3.63, 3.8) is 0 Å². The zero-order chi connectivity index (χ0) is 13.8. The number of hydrogen-bond acceptors (Lipinski definition) is 2. The van der Waals surface area contributed by atoms with Crippen molar-refractivity contribution in [2.45, 2.75) is 17.4 Å². The normalized spacial score (nSPS) is 12.4. The summed E-state index contributed by atoms with van der Waals surface area (Å²) in [6.45, 7) is 0. The molecule has 0 spiro atoms. The molecular weight excluding hydrogens is 327 g/mol. The zero-order valence-electron chi connectivity index (χ0n) is 10.4. The molecule has 1 atom stereocenters. The maximum atomic E-state index is 13.3. The number of rotatable bonds is 4. The van der Waals surface area contributed by atoms with Gasteiger partial charge in [-0.1, -0.05) is 28.1 Å². The van der Waals surface area contributed by atoms with Crippen molar-refractivity contribution in [2.24, 2.45) is 0 Å². The van der Waals surface area contributed by atoms with E-state index in [-0.39, 0.29) is 5.82 Å². The Morgan fingerprint density at radius 1 is 1.21 bits per heavy atom. The van der Waals surface area contributed by atoms with E-state index in [1.54, 1.807) is 11.8 Å². The maximum absolute atomic E-state index is 13.3. The minimum atomic E-state index is -0.621. The first-order valence-electron chi connectivity index (χ1n) is 5.85. The summed E-state index contributed by atoms with van der Waals surface area (Å²) in [4.78, 5) is 1.16. The summed E-state index contributed by atoms with van der Waals surface area (Å²) in [6.07, 6.45) is 1.79. The van der Waals surface area contributed by atoms with E-state index in [2.05, 4.69) is 15.9 Å². The number of aliphatic hydroxyl groups is 1. The first kappa shape index (κ1) is 14.6. The smallest absolute Gasteiger partial charge is 0.124 e. The molecule has 1 nitrogen and oxygen atoms in total. The fourth-order valence-electron chi connectivity index (χ4n) is 1.90. The van der Waals surface area contributed by atoms with Gasteiger partial charge in [0.2, 0.25) is 0 Å². The maximum Gasteiger partial charge on any atom is 0.124 e. The van der Waals surface area contributed by atoms with Gasteiger partial charge in [0.15, 0.2) is 0 Å². The molecule has 0 amide bonds. The minimum Gasteiger partial charge on any atom is -0.388 e. The topological polar surface area (TPSA) is 20.2 Å². The van der Waals surface area contributed by atoms with Crippen LogP contribution in [-0.2, 0) is 6.42 Å². The Bertz CT molecular complexity index is 536. The molecule has 19 heavy (non-hydrogen) atoms. The number of hydrogen-bond donors (Lipinski definition) is 1. The van der Waals surface area contributed by atoms with Crippen LogP contribution in [0.1, 0.15) is 17.2 Å². The average molecular weight is 341 g/mol. The summed E-state index contributed by atoms with van der Waals surface area (Å²) in [7, 11) is 0. The van der Waals surface area contributed by atoms with Gasteiger partial charge in [0, 0.05) is 15.8 Å². The molecule has 0 heterocycles. The quantitative estimate of drug-likeness (QED) is 0.821. The molecule has 2 rings (SSSR count). The van der Waals surface area contributed by atoms with Gasteiger partial charge in [-0.3, -0.25) is 0 Å². The fraction of sp³-hybridized carbons (Fsp3) is 0.200. The highest BCUT2D eigenvalue weighted by atomic mass is 79.9. The molecule has 1 N–H and O–H groups in total. The van der Waals surface area contributed by atoms with Crippen molar-refractivity contribution >= 4 is 27.7 Å². The lowest BCUT2D eigenvalue weighted by Gasteiger charge is -2.12. The Labute approximate surface area is 125 Å². The predicted octanol–water partition coefficient (Wildman–Crippen LogP) is 4.59. The van der Waals surface area contributed by atoms with E-state index in [0.717, 1.165) is 16.0 Å². The Hall–Kier alpha value is -0.840. The summed E-state index contributed by atoms with van der Waals surface area (Å²) in [5.74, 6) is -0.297. The lowest BCUT2D eigenvalue weighted by Crippen LogP contribution is -2.02. The van der Waals surface area contributed by atoms with E-state index in [1.165, 1.54) is 12.1 Å². The van der Waals surface area contributed by atoms with Gasteiger partial charge in [0.25, 0.3) is 0 Å². The molecule has 0 saturated heterocycles. The Balaban J connectivity index is 2.13. The van der Waals surface area contributed by atoms with Gasteiger partial charge in [0.05, 0.1) is 6.10 Å². The summed E-state index contributed by atoms with van der Waals surface area (Å²) < 4.78 is 14.0. The minimum absolute atomic E-state index is 0.297. The van der Waals surface area contributed by atoms with E-state index in [1.807, 2.05) is 36.6 Å². The van der Waals surface area contributed by atoms with E-state index in [4.69, 9.17) is 0 Å². The molecule has 0 bridgehead atoms. The Kier molecular flexibility index (Phi) is 5.02. The molecule has 0 aliphatic carbocycles. The highest BCUT2D eigenvalue weighted by molar-refractivity contribution is 9.10. The van der Waals surface area contributed by atoms with Gasteiger partial charge in [-0.05, 0) is 47.7 Å². The monoisotopic (exact) mass is 340 g/mol. The van der Waals surface area contributed by atoms with Crippen LogP contribution in [0.3, 0.4) is 0 Å². The summed E-state index contributed by atoms with van der Waals surface area (Å²) >= 11 is 4.91. The SMILES string of the molecule is CSc1ccc(C(O)Cc2cc(F)cc(Br)c2)cc1. The number of halogens is 2. The first-order valence-corrected chi connectivity index (χ1v) is 7.87. The van der Waals surface area contributed by atoms with Crippen LogP contribution in [-0.4, -0.2) is 11.4 Å². The predicted molar refractivity (Wildman–Crippen MR) is 81.0 cm³/mol. The summed E-state index contributed by atoms with van der Waals surface area (Å²) in [5.41, 5.74) is 1.62. The van der Waals surface area contributed by atoms with E-state index in [9.17, 15) is 9.50 Å². The van der Waals surface area contributed by atoms with Crippen molar-refractivity contribution in [2.75, 3.05) is 6.26 Å². The standard InChI is InChI=1S/C15H14BrFOS/c1-19-14-4-2-11(3-5-14)15(18)8-10-6-12(16)9-13(17)7-10/h2-7,9,15,18H,8H2,1H3. The molecule has 0 radical (unpaired) electrons. The molecule has 1 unspecified atom stereocenters. The lowest BCUT2D eigenvalue weighted by molar-refractivity contribution is 0.178. The molecule has 0 aliphatic heterocycles. The molecule has 4 heteroatoms. The molecule has 0 saturated carbocycles. The van der Waals surface area contributed by atoms with Crippen LogP contribution in [0.25, 0.3) is 0 Å². The molecule has 100 valence electrons. The van der Waals surface area contributed by atoms with Gasteiger partial charge >= 0.3 is 0 Å². The van der Waals surface area contributed by atoms with Gasteiger partial charge in [-0.25, -0.2) is 4.39 Å². The fourth-order valence-corrected chi connectivity index (χ4v) is 2.82. The van der Waals surface area contributed by atoms with Crippen LogP contribution in [0.2, 0.25) is 0 Å². The van der Waals surface area contributed by atoms with E-state index in [0.29, 0.717) is 10.9 Å². The third-order valence-electron chi connectivity index (χ3n) is 2.85. The number of aliphatic hydroxyl groups excluding tert-OH is 1. The average Bonchev–Trinajstić information content (AvgIpc) is 2.37. The van der Waals surface area contributed by atoms with Gasteiger partial charge in [0.1, 0.15) is 5.82 Å². The molecule has 2 aromatic rings. The van der Waals surface area contributed by atoms with Crippen LogP contribution in [0.4, 0.5) is 4.39 Å². The number of thioether (sulfide) groups is 1.